The lowest BCUT2D eigenvalue weighted by Crippen LogP contribution is -2.37. The highest BCUT2D eigenvalue weighted by Gasteiger charge is 2.23. The van der Waals surface area contributed by atoms with Crippen LogP contribution in [-0.4, -0.2) is 59.0 Å². The minimum Gasteiger partial charge on any atom is -0.369 e. The van der Waals surface area contributed by atoms with Gasteiger partial charge in [0, 0.05) is 36.8 Å². The summed E-state index contributed by atoms with van der Waals surface area (Å²) in [6.45, 7) is 1.20. The van der Waals surface area contributed by atoms with Gasteiger partial charge in [0.25, 0.3) is 5.91 Å². The van der Waals surface area contributed by atoms with E-state index in [1.54, 1.807) is 22.8 Å². The number of carbonyl (C=O) groups is 1. The number of fused-ring (bicyclic) bond motifs is 1. The summed E-state index contributed by atoms with van der Waals surface area (Å²) < 4.78 is 27.2. The van der Waals surface area contributed by atoms with Crippen LogP contribution >= 0.6 is 0 Å². The first-order chi connectivity index (χ1) is 15.6. The van der Waals surface area contributed by atoms with Gasteiger partial charge in [0.2, 0.25) is 0 Å². The van der Waals surface area contributed by atoms with Gasteiger partial charge in [0.15, 0.2) is 5.65 Å². The first kappa shape index (κ1) is 22.1. The van der Waals surface area contributed by atoms with Crippen molar-refractivity contribution in [3.8, 4) is 11.3 Å². The Labute approximate surface area is 185 Å². The molecule has 3 heterocycles. The smallest absolute Gasteiger partial charge is 0.251 e. The van der Waals surface area contributed by atoms with Gasteiger partial charge in [-0.1, -0.05) is 12.1 Å². The second kappa shape index (κ2) is 10.5. The van der Waals surface area contributed by atoms with Gasteiger partial charge in [0.05, 0.1) is 18.6 Å². The molecule has 0 bridgehead atoms. The molecular formula is C23H28F2N6O. The lowest BCUT2D eigenvalue weighted by molar-refractivity contribution is 0.0950. The zero-order chi connectivity index (χ0) is 22.3. The topological polar surface area (TPSA) is 83.3 Å². The number of benzene rings is 1. The molecule has 9 heteroatoms. The van der Waals surface area contributed by atoms with Crippen molar-refractivity contribution in [2.24, 2.45) is 0 Å². The van der Waals surface area contributed by atoms with Crippen LogP contribution in [-0.2, 0) is 0 Å². The number of amides is 1. The number of nitrogens with zero attached hydrogens (tertiary/aromatic N) is 3. The number of aromatic nitrogens is 3. The molecule has 32 heavy (non-hydrogen) atoms. The zero-order valence-corrected chi connectivity index (χ0v) is 17.9. The molecule has 0 unspecified atom stereocenters. The molecule has 1 aliphatic heterocycles. The Morgan fingerprint density at radius 3 is 2.75 bits per heavy atom. The quantitative estimate of drug-likeness (QED) is 0.420. The Bertz CT molecular complexity index is 1040. The average Bonchev–Trinajstić information content (AvgIpc) is 3.43. The fourth-order valence-electron chi connectivity index (χ4n) is 3.81. The molecule has 4 rings (SSSR count). The van der Waals surface area contributed by atoms with E-state index in [0.717, 1.165) is 42.1 Å². The first-order valence-electron chi connectivity index (χ1n) is 11.0. The van der Waals surface area contributed by atoms with Crippen molar-refractivity contribution in [2.45, 2.75) is 37.9 Å². The summed E-state index contributed by atoms with van der Waals surface area (Å²) in [6, 6.07) is 11.0. The third-order valence-corrected chi connectivity index (χ3v) is 5.60. The Morgan fingerprint density at radius 2 is 2.00 bits per heavy atom. The van der Waals surface area contributed by atoms with Crippen LogP contribution < -0.4 is 16.0 Å². The number of carbonyl (C=O) groups excluding carboxylic acids is 1. The van der Waals surface area contributed by atoms with Crippen LogP contribution in [0.5, 0.6) is 0 Å². The van der Waals surface area contributed by atoms with E-state index in [1.807, 2.05) is 24.3 Å². The van der Waals surface area contributed by atoms with E-state index in [1.165, 1.54) is 0 Å². The molecule has 3 N–H and O–H groups in total. The van der Waals surface area contributed by atoms with E-state index in [-0.39, 0.29) is 18.6 Å². The van der Waals surface area contributed by atoms with E-state index < -0.39 is 6.17 Å². The number of hydrogen-bond donors (Lipinski definition) is 3. The number of alkyl halides is 2. The highest BCUT2D eigenvalue weighted by atomic mass is 19.1. The summed E-state index contributed by atoms with van der Waals surface area (Å²) in [7, 11) is 0. The van der Waals surface area contributed by atoms with Crippen LogP contribution in [0.15, 0.2) is 42.6 Å². The molecule has 1 aliphatic rings. The fourth-order valence-corrected chi connectivity index (χ4v) is 3.81. The number of anilines is 1. The van der Waals surface area contributed by atoms with Crippen molar-refractivity contribution in [3.63, 3.8) is 0 Å². The number of nitrogens with one attached hydrogen (secondary N) is 3. The Balaban J connectivity index is 1.40. The largest absolute Gasteiger partial charge is 0.369 e. The van der Waals surface area contributed by atoms with Gasteiger partial charge in [-0.3, -0.25) is 9.18 Å². The number of rotatable bonds is 10. The van der Waals surface area contributed by atoms with Gasteiger partial charge in [-0.2, -0.15) is 0 Å². The van der Waals surface area contributed by atoms with Crippen molar-refractivity contribution in [3.05, 3.63) is 48.2 Å². The molecule has 1 aromatic carbocycles. The standard InChI is InChI=1S/C23H28F2N6O/c24-10-2-1-3-11-26-21-8-9-22-28-15-20(31(22)30-21)16-4-6-17(7-5-16)23(32)29-14-19-12-18(25)13-27-19/h4-9,15,18-19,27H,1-3,10-14H2,(H,26,30)(H,29,32)/t18-,19+/m1/s1. The third-order valence-electron chi connectivity index (χ3n) is 5.60. The molecule has 0 spiro atoms. The van der Waals surface area contributed by atoms with Crippen molar-refractivity contribution < 1.29 is 13.6 Å². The molecule has 2 aromatic heterocycles. The maximum absolute atomic E-state index is 13.2. The summed E-state index contributed by atoms with van der Waals surface area (Å²) in [5.74, 6) is 0.542. The minimum atomic E-state index is -0.840. The zero-order valence-electron chi connectivity index (χ0n) is 17.9. The van der Waals surface area contributed by atoms with Crippen molar-refractivity contribution in [2.75, 3.05) is 31.6 Å². The van der Waals surface area contributed by atoms with Crippen LogP contribution in [0.25, 0.3) is 16.9 Å². The molecule has 170 valence electrons. The first-order valence-corrected chi connectivity index (χ1v) is 11.0. The molecule has 7 nitrogen and oxygen atoms in total. The Kier molecular flexibility index (Phi) is 7.26. The molecule has 0 saturated carbocycles. The van der Waals surface area contributed by atoms with Gasteiger partial charge in [-0.25, -0.2) is 13.9 Å². The maximum atomic E-state index is 13.2. The van der Waals surface area contributed by atoms with Crippen LogP contribution in [0, 0.1) is 0 Å². The minimum absolute atomic E-state index is 0.0241. The highest BCUT2D eigenvalue weighted by molar-refractivity contribution is 5.94. The van der Waals surface area contributed by atoms with Gasteiger partial charge in [0.1, 0.15) is 12.0 Å². The summed E-state index contributed by atoms with van der Waals surface area (Å²) in [5, 5.41) is 13.8. The van der Waals surface area contributed by atoms with Crippen LogP contribution in [0.4, 0.5) is 14.6 Å². The summed E-state index contributed by atoms with van der Waals surface area (Å²) in [6.07, 6.45) is 3.65. The normalized spacial score (nSPS) is 18.2. The molecule has 1 saturated heterocycles. The molecular weight excluding hydrogens is 414 g/mol. The highest BCUT2D eigenvalue weighted by Crippen LogP contribution is 2.21. The van der Waals surface area contributed by atoms with Crippen LogP contribution in [0.1, 0.15) is 36.0 Å². The van der Waals surface area contributed by atoms with E-state index in [2.05, 4.69) is 26.0 Å². The molecule has 1 fully saturated rings. The van der Waals surface area contributed by atoms with E-state index in [0.29, 0.717) is 31.5 Å². The molecule has 2 atom stereocenters. The van der Waals surface area contributed by atoms with Crippen molar-refractivity contribution in [1.29, 1.82) is 0 Å². The van der Waals surface area contributed by atoms with E-state index >= 15 is 0 Å². The predicted molar refractivity (Wildman–Crippen MR) is 120 cm³/mol. The Morgan fingerprint density at radius 1 is 1.16 bits per heavy atom. The maximum Gasteiger partial charge on any atom is 0.251 e. The van der Waals surface area contributed by atoms with Crippen molar-refractivity contribution in [1.82, 2.24) is 25.2 Å². The van der Waals surface area contributed by atoms with Gasteiger partial charge in [-0.15, -0.1) is 5.10 Å². The molecule has 0 radical (unpaired) electrons. The van der Waals surface area contributed by atoms with E-state index in [4.69, 9.17) is 0 Å². The fraction of sp³-hybridized carbons (Fsp3) is 0.435. The number of unbranched alkanes of at least 4 members (excludes halogenated alkanes) is 2. The van der Waals surface area contributed by atoms with Gasteiger partial charge < -0.3 is 16.0 Å². The number of halogens is 2. The molecule has 1 amide bonds. The average molecular weight is 443 g/mol. The molecule has 0 aliphatic carbocycles. The predicted octanol–water partition coefficient (Wildman–Crippen LogP) is 3.38. The second-order valence-corrected chi connectivity index (χ2v) is 8.03. The van der Waals surface area contributed by atoms with Crippen LogP contribution in [0.3, 0.4) is 0 Å². The van der Waals surface area contributed by atoms with Crippen molar-refractivity contribution >= 4 is 17.4 Å². The summed E-state index contributed by atoms with van der Waals surface area (Å²) in [4.78, 5) is 16.8. The Hall–Kier alpha value is -3.07. The number of imidazole rings is 1. The summed E-state index contributed by atoms with van der Waals surface area (Å²) in [5.41, 5.74) is 2.97. The van der Waals surface area contributed by atoms with Gasteiger partial charge >= 0.3 is 0 Å². The van der Waals surface area contributed by atoms with Gasteiger partial charge in [-0.05, 0) is 49.9 Å². The third kappa shape index (κ3) is 5.40. The molecule has 3 aromatic rings. The number of hydrogen-bond acceptors (Lipinski definition) is 5. The van der Waals surface area contributed by atoms with Crippen LogP contribution in [0.2, 0.25) is 0 Å². The summed E-state index contributed by atoms with van der Waals surface area (Å²) >= 11 is 0. The lowest BCUT2D eigenvalue weighted by atomic mass is 10.1. The lowest BCUT2D eigenvalue weighted by Gasteiger charge is -2.11. The second-order valence-electron chi connectivity index (χ2n) is 8.03. The monoisotopic (exact) mass is 442 g/mol. The SMILES string of the molecule is O=C(NC[C@@H]1C[C@@H](F)CN1)c1ccc(-c2cnc3ccc(NCCCCCF)nn23)cc1. The van der Waals surface area contributed by atoms with E-state index in [9.17, 15) is 13.6 Å².